The molecule has 2 atom stereocenters. The second kappa shape index (κ2) is 5.60. The van der Waals surface area contributed by atoms with Crippen molar-refractivity contribution in [1.29, 1.82) is 0 Å². The lowest BCUT2D eigenvalue weighted by molar-refractivity contribution is 1.28. The molecule has 0 saturated carbocycles. The minimum absolute atomic E-state index is 0.774. The van der Waals surface area contributed by atoms with E-state index in [1.165, 1.54) is 20.5 Å². The molecule has 2 unspecified atom stereocenters. The van der Waals surface area contributed by atoms with Gasteiger partial charge in [0.2, 0.25) is 0 Å². The van der Waals surface area contributed by atoms with Crippen LogP contribution in [0, 0.1) is 6.92 Å². The van der Waals surface area contributed by atoms with Gasteiger partial charge in [0.05, 0.1) is 5.44 Å². The Morgan fingerprint density at radius 3 is 2.56 bits per heavy atom. The van der Waals surface area contributed by atoms with Gasteiger partial charge in [-0.05, 0) is 25.7 Å². The molecular weight excluding hydrogens is 272 g/mol. The first-order chi connectivity index (χ1) is 7.69. The van der Waals surface area contributed by atoms with Gasteiger partial charge in [0.15, 0.2) is 4.34 Å². The van der Waals surface area contributed by atoms with Crippen molar-refractivity contribution in [2.45, 2.75) is 16.2 Å². The van der Waals surface area contributed by atoms with E-state index < -0.39 is 0 Å². The van der Waals surface area contributed by atoms with E-state index in [-0.39, 0.29) is 0 Å². The molecule has 16 heavy (non-hydrogen) atoms. The average Bonchev–Trinajstić information content (AvgIpc) is 2.62. The van der Waals surface area contributed by atoms with Crippen LogP contribution in [0.15, 0.2) is 33.5 Å². The molecule has 0 aliphatic rings. The number of thiazole rings is 1. The maximum atomic E-state index is 4.62. The van der Waals surface area contributed by atoms with Crippen LogP contribution in [0.25, 0.3) is 0 Å². The molecule has 84 valence electrons. The summed E-state index contributed by atoms with van der Waals surface area (Å²) >= 11 is 3.50. The molecule has 2 aromatic rings. The average molecular weight is 285 g/mol. The van der Waals surface area contributed by atoms with Crippen molar-refractivity contribution in [2.75, 3.05) is 6.66 Å². The van der Waals surface area contributed by atoms with Crippen molar-refractivity contribution in [3.63, 3.8) is 0 Å². The van der Waals surface area contributed by atoms with Gasteiger partial charge in [-0.3, -0.25) is 0 Å². The monoisotopic (exact) mass is 285 g/mol. The van der Waals surface area contributed by atoms with Crippen molar-refractivity contribution in [1.82, 2.24) is 4.98 Å². The van der Waals surface area contributed by atoms with Gasteiger partial charge in [-0.1, -0.05) is 47.3 Å². The van der Waals surface area contributed by atoms with E-state index in [9.17, 15) is 0 Å². The summed E-state index contributed by atoms with van der Waals surface area (Å²) in [5, 5.41) is 0. The molecule has 5 heteroatoms. The Labute approximate surface area is 108 Å². The summed E-state index contributed by atoms with van der Waals surface area (Å²) in [5.41, 5.74) is 2.52. The summed E-state index contributed by atoms with van der Waals surface area (Å²) in [6, 6.07) is 8.58. The fraction of sp³-hybridized carbons (Fsp3) is 0.182. The van der Waals surface area contributed by atoms with Crippen LogP contribution in [0.5, 0.6) is 0 Å². The predicted molar refractivity (Wildman–Crippen MR) is 80.6 cm³/mol. The molecule has 0 aliphatic carbocycles. The van der Waals surface area contributed by atoms with Gasteiger partial charge in [-0.2, -0.15) is 0 Å². The van der Waals surface area contributed by atoms with E-state index in [1.807, 2.05) is 0 Å². The molecule has 0 aliphatic heterocycles. The van der Waals surface area contributed by atoms with E-state index in [1.54, 1.807) is 23.1 Å². The van der Waals surface area contributed by atoms with Crippen LogP contribution in [0.1, 0.15) is 5.56 Å². The highest BCUT2D eigenvalue weighted by Gasteiger charge is 2.07. The maximum absolute atomic E-state index is 4.62. The quantitative estimate of drug-likeness (QED) is 0.804. The van der Waals surface area contributed by atoms with Gasteiger partial charge in [0.1, 0.15) is 0 Å². The van der Waals surface area contributed by atoms with Gasteiger partial charge in [0, 0.05) is 9.51 Å². The van der Waals surface area contributed by atoms with Crippen molar-refractivity contribution in [3.8, 4) is 0 Å². The maximum Gasteiger partial charge on any atom is 0.155 e. The highest BCUT2D eigenvalue weighted by atomic mass is 32.2. The predicted octanol–water partition coefficient (Wildman–Crippen LogP) is 3.04. The summed E-state index contributed by atoms with van der Waals surface area (Å²) in [6.07, 6.45) is 0. The van der Waals surface area contributed by atoms with E-state index in [0.29, 0.717) is 0 Å². The summed E-state index contributed by atoms with van der Waals surface area (Å²) in [5.74, 6) is 0. The Bertz CT molecular complexity index is 479. The van der Waals surface area contributed by atoms with Crippen LogP contribution in [0.3, 0.4) is 0 Å². The van der Waals surface area contributed by atoms with Crippen molar-refractivity contribution in [3.05, 3.63) is 29.8 Å². The Morgan fingerprint density at radius 1 is 1.31 bits per heavy atom. The molecule has 0 N–H and O–H groups in total. The standard InChI is InChI=1S/C11H13NP2S2/c1-7-3-5-8(6-4-7)15-11-12-9(14-2)10(13)16-11/h3-6,14H,13H2,1-2H3. The van der Waals surface area contributed by atoms with Gasteiger partial charge < -0.3 is 0 Å². The summed E-state index contributed by atoms with van der Waals surface area (Å²) < 4.78 is 2.41. The zero-order valence-electron chi connectivity index (χ0n) is 9.15. The number of hydrogen-bond acceptors (Lipinski definition) is 3. The number of benzene rings is 1. The normalized spacial score (nSPS) is 11.4. The molecule has 1 aromatic heterocycles. The van der Waals surface area contributed by atoms with Gasteiger partial charge >= 0.3 is 0 Å². The van der Waals surface area contributed by atoms with Crippen LogP contribution < -0.4 is 10.1 Å². The Balaban J connectivity index is 2.17. The van der Waals surface area contributed by atoms with Gasteiger partial charge in [-0.25, -0.2) is 4.98 Å². The molecule has 0 radical (unpaired) electrons. The SMILES string of the molecule is CPc1nc(Sc2ccc(C)cc2)sc1P. The largest absolute Gasteiger partial charge is 0.229 e. The van der Waals surface area contributed by atoms with Crippen LogP contribution in [-0.4, -0.2) is 11.6 Å². The Kier molecular flexibility index (Phi) is 4.38. The molecule has 1 aromatic carbocycles. The lowest BCUT2D eigenvalue weighted by Crippen LogP contribution is -2.07. The molecule has 1 heterocycles. The van der Waals surface area contributed by atoms with E-state index >= 15 is 0 Å². The molecule has 1 nitrogen and oxygen atoms in total. The zero-order valence-corrected chi connectivity index (χ0v) is 12.9. The van der Waals surface area contributed by atoms with Gasteiger partial charge in [-0.15, -0.1) is 11.3 Å². The van der Waals surface area contributed by atoms with Crippen LogP contribution in [-0.2, 0) is 0 Å². The zero-order chi connectivity index (χ0) is 11.5. The van der Waals surface area contributed by atoms with E-state index in [2.05, 4.69) is 52.1 Å². The fourth-order valence-corrected chi connectivity index (χ4v) is 5.22. The van der Waals surface area contributed by atoms with Crippen molar-refractivity contribution in [2.24, 2.45) is 0 Å². The number of hydrogen-bond donors (Lipinski definition) is 0. The molecule has 2 rings (SSSR count). The van der Waals surface area contributed by atoms with Crippen LogP contribution in [0.4, 0.5) is 0 Å². The topological polar surface area (TPSA) is 12.9 Å². The molecule has 0 amide bonds. The fourth-order valence-electron chi connectivity index (χ4n) is 1.24. The minimum Gasteiger partial charge on any atom is -0.229 e. The molecule has 0 fully saturated rings. The highest BCUT2D eigenvalue weighted by Crippen LogP contribution is 2.29. The third-order valence-corrected chi connectivity index (χ3v) is 6.00. The highest BCUT2D eigenvalue weighted by molar-refractivity contribution is 8.01. The van der Waals surface area contributed by atoms with E-state index in [4.69, 9.17) is 0 Å². The number of rotatable bonds is 3. The van der Waals surface area contributed by atoms with E-state index in [0.717, 1.165) is 12.9 Å². The Hall–Kier alpha value is 0.0600. The summed E-state index contributed by atoms with van der Waals surface area (Å²) in [6.45, 7) is 4.28. The minimum atomic E-state index is 0.774. The first-order valence-corrected chi connectivity index (χ1v) is 8.58. The molecular formula is C11H13NP2S2. The summed E-state index contributed by atoms with van der Waals surface area (Å²) in [7, 11) is 3.55. The number of aryl methyl sites for hydroxylation is 1. The van der Waals surface area contributed by atoms with Crippen molar-refractivity contribution < 1.29 is 0 Å². The first-order valence-electron chi connectivity index (χ1n) is 4.87. The smallest absolute Gasteiger partial charge is 0.155 e. The van der Waals surface area contributed by atoms with Gasteiger partial charge in [0.25, 0.3) is 0 Å². The third-order valence-electron chi connectivity index (χ3n) is 2.10. The first kappa shape index (κ1) is 12.5. The molecule has 0 saturated heterocycles. The van der Waals surface area contributed by atoms with Crippen molar-refractivity contribution >= 4 is 51.0 Å². The van der Waals surface area contributed by atoms with Crippen LogP contribution >= 0.6 is 40.9 Å². The second-order valence-corrected chi connectivity index (χ2v) is 7.68. The van der Waals surface area contributed by atoms with Crippen LogP contribution in [0.2, 0.25) is 0 Å². The number of nitrogens with zero attached hydrogens (tertiary/aromatic N) is 1. The summed E-state index contributed by atoms with van der Waals surface area (Å²) in [4.78, 5) is 5.88. The molecule has 0 spiro atoms. The lowest BCUT2D eigenvalue weighted by Gasteiger charge is -1.97. The molecule has 0 bridgehead atoms. The Morgan fingerprint density at radius 2 is 2.00 bits per heavy atom. The lowest BCUT2D eigenvalue weighted by atomic mass is 10.2. The number of aromatic nitrogens is 1. The second-order valence-electron chi connectivity index (χ2n) is 3.36. The third kappa shape index (κ3) is 3.05.